The van der Waals surface area contributed by atoms with Gasteiger partial charge in [0, 0.05) is 17.5 Å². The Morgan fingerprint density at radius 2 is 1.61 bits per heavy atom. The minimum Gasteiger partial charge on any atom is -0.497 e. The van der Waals surface area contributed by atoms with Crippen LogP contribution in [0.25, 0.3) is 6.08 Å². The molecule has 4 atom stereocenters. The fraction of sp³-hybridized carbons (Fsp3) is 0.237. The molecule has 0 saturated carbocycles. The zero-order valence-corrected chi connectivity index (χ0v) is 25.9. The molecule has 4 aromatic rings. The molecule has 46 heavy (non-hydrogen) atoms. The summed E-state index contributed by atoms with van der Waals surface area (Å²) in [5, 5.41) is 3.08. The van der Waals surface area contributed by atoms with Crippen molar-refractivity contribution in [1.82, 2.24) is 4.90 Å². The molecule has 1 saturated heterocycles. The Kier molecular flexibility index (Phi) is 7.35. The molecule has 3 aliphatic rings. The number of hydrogen-bond acceptors (Lipinski definition) is 7. The van der Waals surface area contributed by atoms with Crippen LogP contribution in [0.4, 0.5) is 5.69 Å². The molecule has 0 aliphatic carbocycles. The molecular weight excluding hydrogens is 580 g/mol. The maximum Gasteiger partial charge on any atom is 0.238 e. The van der Waals surface area contributed by atoms with Crippen molar-refractivity contribution in [2.45, 2.75) is 30.8 Å². The van der Waals surface area contributed by atoms with Gasteiger partial charge in [-0.25, -0.2) is 0 Å². The van der Waals surface area contributed by atoms with Gasteiger partial charge >= 0.3 is 0 Å². The summed E-state index contributed by atoms with van der Waals surface area (Å²) < 4.78 is 16.9. The van der Waals surface area contributed by atoms with E-state index in [4.69, 9.17) is 14.2 Å². The first-order valence-electron chi connectivity index (χ1n) is 15.4. The number of carbonyl (C=O) groups excluding carboxylic acids is 3. The Morgan fingerprint density at radius 3 is 2.37 bits per heavy atom. The summed E-state index contributed by atoms with van der Waals surface area (Å²) in [6, 6.07) is 25.6. The first-order valence-corrected chi connectivity index (χ1v) is 15.4. The Labute approximate surface area is 267 Å². The van der Waals surface area contributed by atoms with Crippen molar-refractivity contribution in [3.8, 4) is 17.2 Å². The van der Waals surface area contributed by atoms with Crippen LogP contribution >= 0.6 is 0 Å². The number of carbonyl (C=O) groups is 3. The molecule has 0 radical (unpaired) electrons. The number of nitrogens with zero attached hydrogens (tertiary/aromatic N) is 1. The van der Waals surface area contributed by atoms with Crippen LogP contribution in [0.2, 0.25) is 0 Å². The van der Waals surface area contributed by atoms with Crippen molar-refractivity contribution >= 4 is 29.2 Å². The van der Waals surface area contributed by atoms with Gasteiger partial charge in [0.25, 0.3) is 0 Å². The van der Waals surface area contributed by atoms with Crippen LogP contribution in [-0.2, 0) is 10.2 Å². The van der Waals surface area contributed by atoms with E-state index >= 15 is 9.59 Å². The Morgan fingerprint density at radius 1 is 0.870 bits per heavy atom. The number of nitrogens with one attached hydrogen (secondary N) is 1. The van der Waals surface area contributed by atoms with Gasteiger partial charge in [-0.2, -0.15) is 0 Å². The molecule has 1 N–H and O–H groups in total. The smallest absolute Gasteiger partial charge is 0.238 e. The van der Waals surface area contributed by atoms with E-state index in [0.717, 1.165) is 17.5 Å². The summed E-state index contributed by atoms with van der Waals surface area (Å²) in [6.07, 6.45) is 4.64. The van der Waals surface area contributed by atoms with Gasteiger partial charge in [-0.15, -0.1) is 0 Å². The SMILES string of the molecule is CCCOc1ccc(C(=O)[C@@H]2[C@H](C(=O)c3cc(OC)ccc3OC)N3C=Cc4ccccc4[C@@H]3[C@@]23C(=O)Nc2ccccc23)cc1. The predicted octanol–water partition coefficient (Wildman–Crippen LogP) is 6.47. The number of amides is 1. The number of rotatable bonds is 9. The molecule has 232 valence electrons. The lowest BCUT2D eigenvalue weighted by molar-refractivity contribution is -0.122. The molecule has 0 bridgehead atoms. The fourth-order valence-electron chi connectivity index (χ4n) is 7.45. The molecule has 8 nitrogen and oxygen atoms in total. The van der Waals surface area contributed by atoms with Crippen molar-refractivity contribution in [2.24, 2.45) is 5.92 Å². The number of benzene rings is 4. The molecule has 8 heteroatoms. The van der Waals surface area contributed by atoms with Crippen LogP contribution < -0.4 is 19.5 Å². The van der Waals surface area contributed by atoms with E-state index in [9.17, 15) is 4.79 Å². The monoisotopic (exact) mass is 614 g/mol. The average molecular weight is 615 g/mol. The zero-order chi connectivity index (χ0) is 32.0. The van der Waals surface area contributed by atoms with E-state index in [1.165, 1.54) is 14.2 Å². The number of fused-ring (bicyclic) bond motifs is 6. The predicted molar refractivity (Wildman–Crippen MR) is 175 cm³/mol. The second kappa shape index (κ2) is 11.5. The average Bonchev–Trinajstić information content (AvgIpc) is 3.58. The third-order valence-corrected chi connectivity index (χ3v) is 9.41. The van der Waals surface area contributed by atoms with Gasteiger partial charge in [0.1, 0.15) is 28.7 Å². The Bertz CT molecular complexity index is 1880. The summed E-state index contributed by atoms with van der Waals surface area (Å²) in [4.78, 5) is 46.7. The molecule has 4 aromatic carbocycles. The lowest BCUT2D eigenvalue weighted by Gasteiger charge is -2.38. The summed E-state index contributed by atoms with van der Waals surface area (Å²) in [7, 11) is 3.03. The van der Waals surface area contributed by atoms with Crippen LogP contribution in [0.5, 0.6) is 17.2 Å². The van der Waals surface area contributed by atoms with Gasteiger partial charge in [0.15, 0.2) is 11.6 Å². The highest BCUT2D eigenvalue weighted by atomic mass is 16.5. The highest BCUT2D eigenvalue weighted by Crippen LogP contribution is 2.62. The highest BCUT2D eigenvalue weighted by molar-refractivity contribution is 6.17. The van der Waals surface area contributed by atoms with Crippen LogP contribution in [0.15, 0.2) is 97.2 Å². The van der Waals surface area contributed by atoms with Crippen molar-refractivity contribution in [3.05, 3.63) is 125 Å². The van der Waals surface area contributed by atoms with Gasteiger partial charge in [0.05, 0.1) is 38.3 Å². The zero-order valence-electron chi connectivity index (χ0n) is 25.9. The molecule has 3 heterocycles. The van der Waals surface area contributed by atoms with E-state index in [0.29, 0.717) is 40.7 Å². The molecule has 0 unspecified atom stereocenters. The van der Waals surface area contributed by atoms with E-state index < -0.39 is 23.4 Å². The minimum atomic E-state index is -1.43. The summed E-state index contributed by atoms with van der Waals surface area (Å²) in [6.45, 7) is 2.58. The highest BCUT2D eigenvalue weighted by Gasteiger charge is 2.70. The lowest BCUT2D eigenvalue weighted by atomic mass is 9.62. The number of ketones is 2. The number of anilines is 1. The number of para-hydroxylation sites is 1. The summed E-state index contributed by atoms with van der Waals surface area (Å²) >= 11 is 0. The standard InChI is InChI=1S/C38H34N2O6/c1-4-21-46-25-15-13-24(14-16-25)34(41)32-33(35(42)28-22-26(44-2)17-18-31(28)45-3)40-20-19-23-9-5-6-10-27(23)36(40)38(32)29-11-7-8-12-30(29)39-37(38)43/h5-20,22,32-33,36H,4,21H2,1-3H3,(H,39,43)/t32-,33+,36+,38-/m0/s1. The number of methoxy groups -OCH3 is 2. The van der Waals surface area contributed by atoms with E-state index in [1.54, 1.807) is 42.5 Å². The van der Waals surface area contributed by atoms with Gasteiger partial charge in [0.2, 0.25) is 5.91 Å². The van der Waals surface area contributed by atoms with Crippen LogP contribution in [0, 0.1) is 5.92 Å². The minimum absolute atomic E-state index is 0.266. The quantitative estimate of drug-likeness (QED) is 0.216. The van der Waals surface area contributed by atoms with Gasteiger partial charge in [-0.1, -0.05) is 49.4 Å². The van der Waals surface area contributed by atoms with Gasteiger partial charge in [-0.05, 0) is 77.7 Å². The molecular formula is C38H34N2O6. The van der Waals surface area contributed by atoms with Gasteiger partial charge < -0.3 is 24.4 Å². The Hall–Kier alpha value is -5.37. The number of ether oxygens (including phenoxy) is 3. The largest absolute Gasteiger partial charge is 0.497 e. The maximum atomic E-state index is 15.1. The molecule has 1 amide bonds. The number of hydrogen-bond donors (Lipinski definition) is 1. The van der Waals surface area contributed by atoms with Crippen LogP contribution in [-0.4, -0.2) is 49.2 Å². The normalized spacial score (nSPS) is 22.1. The Balaban J connectivity index is 1.49. The van der Waals surface area contributed by atoms with Crippen LogP contribution in [0.3, 0.4) is 0 Å². The molecule has 7 rings (SSSR count). The second-order valence-corrected chi connectivity index (χ2v) is 11.8. The van der Waals surface area contributed by atoms with Crippen molar-refractivity contribution in [3.63, 3.8) is 0 Å². The first-order chi connectivity index (χ1) is 22.4. The fourth-order valence-corrected chi connectivity index (χ4v) is 7.45. The lowest BCUT2D eigenvalue weighted by Crippen LogP contribution is -2.49. The maximum absolute atomic E-state index is 15.1. The summed E-state index contributed by atoms with van der Waals surface area (Å²) in [5.74, 6) is -0.612. The third-order valence-electron chi connectivity index (χ3n) is 9.41. The van der Waals surface area contributed by atoms with E-state index in [1.807, 2.05) is 72.6 Å². The topological polar surface area (TPSA) is 94.2 Å². The van der Waals surface area contributed by atoms with E-state index in [-0.39, 0.29) is 23.0 Å². The third kappa shape index (κ3) is 4.31. The van der Waals surface area contributed by atoms with Crippen molar-refractivity contribution in [2.75, 3.05) is 26.1 Å². The van der Waals surface area contributed by atoms with Gasteiger partial charge in [-0.3, -0.25) is 14.4 Å². The second-order valence-electron chi connectivity index (χ2n) is 11.8. The van der Waals surface area contributed by atoms with Crippen molar-refractivity contribution < 1.29 is 28.6 Å². The van der Waals surface area contributed by atoms with Crippen LogP contribution in [0.1, 0.15) is 56.8 Å². The van der Waals surface area contributed by atoms with Crippen molar-refractivity contribution in [1.29, 1.82) is 0 Å². The number of Topliss-reactive ketones (excluding diaryl/α,β-unsaturated/α-hetero) is 2. The first kappa shape index (κ1) is 29.3. The summed E-state index contributed by atoms with van der Waals surface area (Å²) in [5.41, 5.74) is 2.34. The molecule has 1 fully saturated rings. The molecule has 3 aliphatic heterocycles. The molecule has 0 aromatic heterocycles. The molecule has 1 spiro atoms. The van der Waals surface area contributed by atoms with E-state index in [2.05, 4.69) is 5.32 Å².